The number of hydrogen-bond donors (Lipinski definition) is 3. The molecule has 0 unspecified atom stereocenters. The van der Waals surface area contributed by atoms with Crippen LogP contribution in [0.25, 0.3) is 5.70 Å². The topological polar surface area (TPSA) is 119 Å². The number of halogens is 1. The smallest absolute Gasteiger partial charge is 0.296 e. The summed E-state index contributed by atoms with van der Waals surface area (Å²) in [5, 5.41) is 2.87. The van der Waals surface area contributed by atoms with Crippen molar-refractivity contribution < 1.29 is 9.18 Å². The molecule has 2 heterocycles. The second kappa shape index (κ2) is 8.54. The molecular weight excluding hydrogens is 359 g/mol. The summed E-state index contributed by atoms with van der Waals surface area (Å²) in [5.41, 5.74) is 13.2. The second-order valence-electron chi connectivity index (χ2n) is 5.67. The van der Waals surface area contributed by atoms with Crippen molar-refractivity contribution in [3.05, 3.63) is 96.0 Å². The highest BCUT2D eigenvalue weighted by molar-refractivity contribution is 6.11. The third-order valence-electron chi connectivity index (χ3n) is 3.80. The second-order valence-corrected chi connectivity index (χ2v) is 5.67. The molecule has 28 heavy (non-hydrogen) atoms. The lowest BCUT2D eigenvalue weighted by Crippen LogP contribution is -2.21. The number of amides is 1. The van der Waals surface area contributed by atoms with Crippen molar-refractivity contribution in [2.75, 3.05) is 5.32 Å². The highest BCUT2D eigenvalue weighted by atomic mass is 19.1. The van der Waals surface area contributed by atoms with E-state index in [-0.39, 0.29) is 22.9 Å². The lowest BCUT2D eigenvalue weighted by molar-refractivity contribution is -0.114. The standard InChI is InChI=1S/C20H17FN6O/c21-15-3-1-2-4-16(15)26-18(13-5-9-24-10-6-13)17(22)20(28)27-19(23)14-7-11-25-12-8-14/h1-12,26H,22H2,(H2,23,27,28)/b18-17-. The van der Waals surface area contributed by atoms with E-state index in [4.69, 9.17) is 11.5 Å². The van der Waals surface area contributed by atoms with Crippen molar-refractivity contribution in [1.82, 2.24) is 9.97 Å². The molecule has 3 aromatic rings. The first-order valence-corrected chi connectivity index (χ1v) is 8.27. The quantitative estimate of drug-likeness (QED) is 0.357. The van der Waals surface area contributed by atoms with E-state index in [1.54, 1.807) is 36.4 Å². The minimum atomic E-state index is -0.759. The van der Waals surface area contributed by atoms with Crippen LogP contribution in [0.5, 0.6) is 0 Å². The maximum absolute atomic E-state index is 14.1. The molecule has 0 aliphatic heterocycles. The summed E-state index contributed by atoms with van der Waals surface area (Å²) in [6, 6.07) is 12.6. The summed E-state index contributed by atoms with van der Waals surface area (Å²) in [4.78, 5) is 24.3. The number of carbonyl (C=O) groups excluding carboxylic acids is 1. The molecule has 0 aliphatic rings. The van der Waals surface area contributed by atoms with Gasteiger partial charge in [0.25, 0.3) is 5.91 Å². The molecule has 0 bridgehead atoms. The molecular formula is C20H17FN6O. The Morgan fingerprint density at radius 1 is 0.893 bits per heavy atom. The highest BCUT2D eigenvalue weighted by Crippen LogP contribution is 2.22. The Bertz CT molecular complexity index is 1030. The number of nitrogens with two attached hydrogens (primary N) is 2. The van der Waals surface area contributed by atoms with Gasteiger partial charge in [-0.05, 0) is 36.4 Å². The number of aromatic nitrogens is 2. The molecule has 1 amide bonds. The summed E-state index contributed by atoms with van der Waals surface area (Å²) in [6.45, 7) is 0. The molecule has 0 saturated heterocycles. The van der Waals surface area contributed by atoms with Crippen LogP contribution in [-0.4, -0.2) is 21.7 Å². The molecule has 3 rings (SSSR count). The lowest BCUT2D eigenvalue weighted by Gasteiger charge is -2.14. The number of aliphatic imine (C=N–C) groups is 1. The number of para-hydroxylation sites is 1. The minimum absolute atomic E-state index is 0.00433. The summed E-state index contributed by atoms with van der Waals surface area (Å²) < 4.78 is 14.1. The van der Waals surface area contributed by atoms with Crippen LogP contribution in [0.2, 0.25) is 0 Å². The first-order chi connectivity index (χ1) is 13.6. The van der Waals surface area contributed by atoms with E-state index in [0.717, 1.165) is 0 Å². The SMILES string of the molecule is NC(=NC(=O)/C(N)=C(/Nc1ccccc1F)c1ccncc1)c1ccncc1. The van der Waals surface area contributed by atoms with Crippen LogP contribution in [-0.2, 0) is 4.79 Å². The molecule has 7 nitrogen and oxygen atoms in total. The first kappa shape index (κ1) is 18.7. The van der Waals surface area contributed by atoms with Crippen molar-refractivity contribution in [2.45, 2.75) is 0 Å². The van der Waals surface area contributed by atoms with Gasteiger partial charge in [-0.1, -0.05) is 12.1 Å². The Hall–Kier alpha value is -4.07. The largest absolute Gasteiger partial charge is 0.392 e. The molecule has 140 valence electrons. The van der Waals surface area contributed by atoms with Crippen LogP contribution < -0.4 is 16.8 Å². The van der Waals surface area contributed by atoms with Gasteiger partial charge in [0.15, 0.2) is 0 Å². The molecule has 8 heteroatoms. The van der Waals surface area contributed by atoms with Gasteiger partial charge in [0, 0.05) is 35.9 Å². The fourth-order valence-electron chi connectivity index (χ4n) is 2.37. The number of carbonyl (C=O) groups is 1. The Morgan fingerprint density at radius 2 is 1.46 bits per heavy atom. The third kappa shape index (κ3) is 4.36. The van der Waals surface area contributed by atoms with Gasteiger partial charge in [-0.25, -0.2) is 4.39 Å². The molecule has 1 aromatic carbocycles. The first-order valence-electron chi connectivity index (χ1n) is 8.27. The number of benzene rings is 1. The van der Waals surface area contributed by atoms with Gasteiger partial charge in [0.1, 0.15) is 17.3 Å². The average molecular weight is 376 g/mol. The zero-order chi connectivity index (χ0) is 19.9. The Kier molecular flexibility index (Phi) is 5.71. The van der Waals surface area contributed by atoms with Gasteiger partial charge in [-0.3, -0.25) is 14.8 Å². The maximum atomic E-state index is 14.1. The third-order valence-corrected chi connectivity index (χ3v) is 3.80. The number of nitrogens with zero attached hydrogens (tertiary/aromatic N) is 3. The van der Waals surface area contributed by atoms with Crippen molar-refractivity contribution in [1.29, 1.82) is 0 Å². The number of rotatable bonds is 5. The van der Waals surface area contributed by atoms with Crippen LogP contribution >= 0.6 is 0 Å². The van der Waals surface area contributed by atoms with Crippen molar-refractivity contribution >= 4 is 23.1 Å². The molecule has 0 spiro atoms. The molecule has 0 atom stereocenters. The maximum Gasteiger partial charge on any atom is 0.296 e. The van der Waals surface area contributed by atoms with Crippen molar-refractivity contribution in [3.8, 4) is 0 Å². The van der Waals surface area contributed by atoms with E-state index in [1.165, 1.54) is 36.9 Å². The molecule has 5 N–H and O–H groups in total. The highest BCUT2D eigenvalue weighted by Gasteiger charge is 2.16. The summed E-state index contributed by atoms with van der Waals surface area (Å²) in [5.74, 6) is -1.26. The Balaban J connectivity index is 2.01. The van der Waals surface area contributed by atoms with Gasteiger partial charge in [0.2, 0.25) is 0 Å². The molecule has 2 aromatic heterocycles. The van der Waals surface area contributed by atoms with Gasteiger partial charge in [-0.2, -0.15) is 4.99 Å². The van der Waals surface area contributed by atoms with Crippen LogP contribution in [0.4, 0.5) is 10.1 Å². The molecule has 0 fully saturated rings. The molecule has 0 radical (unpaired) electrons. The number of nitrogens with one attached hydrogen (secondary N) is 1. The van der Waals surface area contributed by atoms with Gasteiger partial charge in [-0.15, -0.1) is 0 Å². The van der Waals surface area contributed by atoms with E-state index in [1.807, 2.05) is 0 Å². The monoisotopic (exact) mass is 376 g/mol. The number of hydrogen-bond acceptors (Lipinski definition) is 5. The van der Waals surface area contributed by atoms with E-state index >= 15 is 0 Å². The number of pyridine rings is 2. The fourth-order valence-corrected chi connectivity index (χ4v) is 2.37. The van der Waals surface area contributed by atoms with E-state index in [0.29, 0.717) is 11.1 Å². The van der Waals surface area contributed by atoms with Crippen molar-refractivity contribution in [3.63, 3.8) is 0 Å². The van der Waals surface area contributed by atoms with Gasteiger partial charge >= 0.3 is 0 Å². The van der Waals surface area contributed by atoms with Crippen LogP contribution in [0.3, 0.4) is 0 Å². The summed E-state index contributed by atoms with van der Waals surface area (Å²) >= 11 is 0. The Labute approximate surface area is 160 Å². The average Bonchev–Trinajstić information content (AvgIpc) is 2.74. The summed E-state index contributed by atoms with van der Waals surface area (Å²) in [7, 11) is 0. The number of anilines is 1. The predicted molar refractivity (Wildman–Crippen MR) is 105 cm³/mol. The fraction of sp³-hybridized carbons (Fsp3) is 0. The van der Waals surface area contributed by atoms with Crippen LogP contribution in [0.15, 0.2) is 84.0 Å². The minimum Gasteiger partial charge on any atom is -0.392 e. The van der Waals surface area contributed by atoms with Gasteiger partial charge in [0.05, 0.1) is 11.4 Å². The summed E-state index contributed by atoms with van der Waals surface area (Å²) in [6.07, 6.45) is 6.13. The zero-order valence-electron chi connectivity index (χ0n) is 14.7. The predicted octanol–water partition coefficient (Wildman–Crippen LogP) is 2.29. The zero-order valence-corrected chi connectivity index (χ0v) is 14.7. The van der Waals surface area contributed by atoms with E-state index in [9.17, 15) is 9.18 Å². The van der Waals surface area contributed by atoms with Gasteiger partial charge < -0.3 is 16.8 Å². The van der Waals surface area contributed by atoms with Crippen molar-refractivity contribution in [2.24, 2.45) is 16.5 Å². The molecule has 0 aliphatic carbocycles. The molecule has 0 saturated carbocycles. The van der Waals surface area contributed by atoms with E-state index in [2.05, 4.69) is 20.3 Å². The Morgan fingerprint density at radius 3 is 2.07 bits per heavy atom. The van der Waals surface area contributed by atoms with Crippen LogP contribution in [0.1, 0.15) is 11.1 Å². The van der Waals surface area contributed by atoms with E-state index < -0.39 is 11.7 Å². The van der Waals surface area contributed by atoms with Crippen LogP contribution in [0, 0.1) is 5.82 Å². The normalized spacial score (nSPS) is 12.2. The lowest BCUT2D eigenvalue weighted by atomic mass is 10.1. The number of amidine groups is 1.